The van der Waals surface area contributed by atoms with Crippen LogP contribution >= 0.6 is 24.0 Å². The molecular weight excluding hydrogens is 513 g/mol. The van der Waals surface area contributed by atoms with Crippen LogP contribution in [0.3, 0.4) is 0 Å². The summed E-state index contributed by atoms with van der Waals surface area (Å²) in [6.07, 6.45) is 7.72. The first-order valence-electron chi connectivity index (χ1n) is 11.7. The number of piperazine rings is 1. The number of aliphatic imine (C=N–C) groups is 1. The Morgan fingerprint density at radius 3 is 2.56 bits per heavy atom. The van der Waals surface area contributed by atoms with Gasteiger partial charge in [-0.25, -0.2) is 0 Å². The number of benzene rings is 1. The minimum atomic E-state index is 0. The molecule has 1 aromatic carbocycles. The van der Waals surface area contributed by atoms with E-state index in [1.54, 1.807) is 0 Å². The van der Waals surface area contributed by atoms with Crippen LogP contribution in [0.25, 0.3) is 0 Å². The lowest BCUT2D eigenvalue weighted by atomic mass is 10.0. The van der Waals surface area contributed by atoms with Gasteiger partial charge in [0.25, 0.3) is 0 Å². The summed E-state index contributed by atoms with van der Waals surface area (Å²) in [7, 11) is 3.88. The minimum absolute atomic E-state index is 0. The van der Waals surface area contributed by atoms with Crippen LogP contribution in [0.1, 0.15) is 30.7 Å². The van der Waals surface area contributed by atoms with E-state index in [9.17, 15) is 0 Å². The highest BCUT2D eigenvalue weighted by Gasteiger charge is 2.26. The molecule has 2 fully saturated rings. The maximum absolute atomic E-state index is 4.52. The molecule has 1 aromatic heterocycles. The third kappa shape index (κ3) is 6.60. The Morgan fingerprint density at radius 1 is 1.09 bits per heavy atom. The Labute approximate surface area is 209 Å². The first-order valence-corrected chi connectivity index (χ1v) is 11.7. The third-order valence-corrected chi connectivity index (χ3v) is 6.57. The minimum Gasteiger partial charge on any atom is -0.369 e. The Balaban J connectivity index is 0.00000289. The predicted octanol–water partition coefficient (Wildman–Crippen LogP) is 3.01. The summed E-state index contributed by atoms with van der Waals surface area (Å²) in [5.41, 5.74) is 2.69. The molecule has 4 rings (SSSR count). The van der Waals surface area contributed by atoms with Crippen molar-refractivity contribution in [3.05, 3.63) is 48.3 Å². The molecule has 3 heterocycles. The summed E-state index contributed by atoms with van der Waals surface area (Å²) in [4.78, 5) is 12.0. The van der Waals surface area contributed by atoms with Crippen molar-refractivity contribution in [3.8, 4) is 0 Å². The van der Waals surface area contributed by atoms with E-state index < -0.39 is 0 Å². The zero-order chi connectivity index (χ0) is 21.5. The van der Waals surface area contributed by atoms with Crippen molar-refractivity contribution < 1.29 is 0 Å². The lowest BCUT2D eigenvalue weighted by Crippen LogP contribution is -2.46. The molecule has 0 saturated carbocycles. The Kier molecular flexibility index (Phi) is 9.65. The van der Waals surface area contributed by atoms with E-state index in [1.165, 1.54) is 37.1 Å². The van der Waals surface area contributed by atoms with Crippen LogP contribution in [-0.4, -0.2) is 84.9 Å². The second-order valence-electron chi connectivity index (χ2n) is 8.72. The highest BCUT2D eigenvalue weighted by Crippen LogP contribution is 2.26. The maximum atomic E-state index is 4.52. The molecule has 1 N–H and O–H groups in total. The number of rotatable bonds is 7. The van der Waals surface area contributed by atoms with Gasteiger partial charge < -0.3 is 15.1 Å². The fourth-order valence-electron chi connectivity index (χ4n) is 4.74. The van der Waals surface area contributed by atoms with Crippen LogP contribution in [0.5, 0.6) is 0 Å². The Hall–Kier alpha value is -1.81. The van der Waals surface area contributed by atoms with Gasteiger partial charge in [0.2, 0.25) is 0 Å². The molecule has 1 atom stereocenters. The van der Waals surface area contributed by atoms with Gasteiger partial charge in [0.05, 0.1) is 6.20 Å². The molecule has 0 bridgehead atoms. The van der Waals surface area contributed by atoms with E-state index in [-0.39, 0.29) is 24.0 Å². The van der Waals surface area contributed by atoms with E-state index in [2.05, 4.69) is 66.6 Å². The molecule has 7 nitrogen and oxygen atoms in total. The first kappa shape index (κ1) is 24.8. The summed E-state index contributed by atoms with van der Waals surface area (Å²) < 4.78 is 1.90. The van der Waals surface area contributed by atoms with Gasteiger partial charge in [-0.3, -0.25) is 14.6 Å². The molecule has 0 radical (unpaired) electrons. The number of hydrogen-bond acceptors (Lipinski definition) is 4. The molecule has 0 spiro atoms. The average Bonchev–Trinajstić information content (AvgIpc) is 3.46. The van der Waals surface area contributed by atoms with Crippen LogP contribution in [0.4, 0.5) is 5.69 Å². The molecule has 32 heavy (non-hydrogen) atoms. The first-order chi connectivity index (χ1) is 15.2. The molecule has 2 aliphatic heterocycles. The fraction of sp³-hybridized carbons (Fsp3) is 0.583. The van der Waals surface area contributed by atoms with Gasteiger partial charge in [-0.2, -0.15) is 5.10 Å². The molecule has 8 heteroatoms. The van der Waals surface area contributed by atoms with Gasteiger partial charge in [-0.1, -0.05) is 18.2 Å². The Morgan fingerprint density at radius 2 is 1.88 bits per heavy atom. The van der Waals surface area contributed by atoms with Crippen molar-refractivity contribution in [2.75, 3.05) is 64.3 Å². The second-order valence-corrected chi connectivity index (χ2v) is 8.72. The molecule has 0 aliphatic carbocycles. The van der Waals surface area contributed by atoms with E-state index in [4.69, 9.17) is 0 Å². The zero-order valence-electron chi connectivity index (χ0n) is 19.5. The molecular formula is C24H38IN7. The van der Waals surface area contributed by atoms with Crippen molar-refractivity contribution in [2.45, 2.75) is 25.2 Å². The smallest absolute Gasteiger partial charge is 0.193 e. The lowest BCUT2D eigenvalue weighted by molar-refractivity contribution is 0.253. The van der Waals surface area contributed by atoms with Crippen LogP contribution in [-0.2, 0) is 7.05 Å². The number of guanidine groups is 1. The number of para-hydroxylation sites is 1. The summed E-state index contributed by atoms with van der Waals surface area (Å²) in [6, 6.07) is 10.8. The summed E-state index contributed by atoms with van der Waals surface area (Å²) in [5, 5.41) is 7.91. The molecule has 2 aromatic rings. The van der Waals surface area contributed by atoms with E-state index >= 15 is 0 Å². The summed E-state index contributed by atoms with van der Waals surface area (Å²) in [5.74, 6) is 1.60. The number of aryl methyl sites for hydroxylation is 1. The van der Waals surface area contributed by atoms with Crippen molar-refractivity contribution in [2.24, 2.45) is 12.0 Å². The van der Waals surface area contributed by atoms with E-state index in [0.717, 1.165) is 51.8 Å². The highest BCUT2D eigenvalue weighted by atomic mass is 127. The van der Waals surface area contributed by atoms with Crippen LogP contribution in [0, 0.1) is 0 Å². The van der Waals surface area contributed by atoms with Gasteiger partial charge in [0, 0.05) is 77.7 Å². The molecule has 2 aliphatic rings. The van der Waals surface area contributed by atoms with Crippen molar-refractivity contribution in [3.63, 3.8) is 0 Å². The monoisotopic (exact) mass is 551 g/mol. The zero-order valence-corrected chi connectivity index (χ0v) is 21.8. The number of anilines is 1. The largest absolute Gasteiger partial charge is 0.369 e. The number of hydrogen-bond donors (Lipinski definition) is 1. The normalized spacial score (nSPS) is 19.8. The van der Waals surface area contributed by atoms with Gasteiger partial charge >= 0.3 is 0 Å². The van der Waals surface area contributed by atoms with Crippen LogP contribution in [0.2, 0.25) is 0 Å². The van der Waals surface area contributed by atoms with E-state index in [1.807, 2.05) is 25.0 Å². The summed E-state index contributed by atoms with van der Waals surface area (Å²) >= 11 is 0. The van der Waals surface area contributed by atoms with E-state index in [0.29, 0.717) is 5.92 Å². The van der Waals surface area contributed by atoms with Crippen molar-refractivity contribution in [1.82, 2.24) is 24.9 Å². The van der Waals surface area contributed by atoms with Gasteiger partial charge in [0.1, 0.15) is 0 Å². The number of nitrogens with zero attached hydrogens (tertiary/aromatic N) is 6. The standard InChI is InChI=1S/C24H37N7.HI/c1-25-24(31-13-10-21(20-31)22-18-27-28(2)19-22)26-11-6-7-12-29-14-16-30(17-15-29)23-8-4-3-5-9-23;/h3-5,8-9,18-19,21H,6-7,10-17,20H2,1-2H3,(H,25,26);1H. The highest BCUT2D eigenvalue weighted by molar-refractivity contribution is 14.0. The molecule has 0 amide bonds. The van der Waals surface area contributed by atoms with Gasteiger partial charge in [-0.15, -0.1) is 24.0 Å². The van der Waals surface area contributed by atoms with Gasteiger partial charge in [0.15, 0.2) is 5.96 Å². The third-order valence-electron chi connectivity index (χ3n) is 6.57. The number of likely N-dealkylation sites (tertiary alicyclic amines) is 1. The maximum Gasteiger partial charge on any atom is 0.193 e. The number of unbranched alkanes of at least 4 members (excludes halogenated alkanes) is 1. The number of halogens is 1. The topological polar surface area (TPSA) is 51.9 Å². The molecule has 2 saturated heterocycles. The number of nitrogens with one attached hydrogen (secondary N) is 1. The van der Waals surface area contributed by atoms with Crippen LogP contribution < -0.4 is 10.2 Å². The molecule has 1 unspecified atom stereocenters. The molecule has 176 valence electrons. The number of aromatic nitrogens is 2. The fourth-order valence-corrected chi connectivity index (χ4v) is 4.74. The SMILES string of the molecule is CN=C(NCCCCN1CCN(c2ccccc2)CC1)N1CCC(c2cnn(C)c2)C1.I. The Bertz CT molecular complexity index is 830. The predicted molar refractivity (Wildman–Crippen MR) is 143 cm³/mol. The van der Waals surface area contributed by atoms with Gasteiger partial charge in [-0.05, 0) is 43.5 Å². The van der Waals surface area contributed by atoms with Crippen molar-refractivity contribution >= 4 is 35.6 Å². The second kappa shape index (κ2) is 12.4. The van der Waals surface area contributed by atoms with Crippen LogP contribution in [0.15, 0.2) is 47.7 Å². The lowest BCUT2D eigenvalue weighted by Gasteiger charge is -2.36. The average molecular weight is 552 g/mol. The van der Waals surface area contributed by atoms with Crippen molar-refractivity contribution in [1.29, 1.82) is 0 Å². The summed E-state index contributed by atoms with van der Waals surface area (Å²) in [6.45, 7) is 8.84. The quantitative estimate of drug-likeness (QED) is 0.248.